The van der Waals surface area contributed by atoms with Crippen LogP contribution in [-0.2, 0) is 0 Å². The van der Waals surface area contributed by atoms with Crippen molar-refractivity contribution in [2.24, 2.45) is 11.3 Å². The van der Waals surface area contributed by atoms with Crippen LogP contribution in [0.3, 0.4) is 0 Å². The fourth-order valence-electron chi connectivity index (χ4n) is 3.02. The molecule has 1 aliphatic carbocycles. The summed E-state index contributed by atoms with van der Waals surface area (Å²) in [6.07, 6.45) is 2.68. The molecule has 2 nitrogen and oxygen atoms in total. The monoisotopic (exact) mass is 224 g/mol. The van der Waals surface area contributed by atoms with Crippen LogP contribution in [0.25, 0.3) is 0 Å². The number of piperazine rings is 1. The maximum Gasteiger partial charge on any atom is 0.0221 e. The van der Waals surface area contributed by atoms with E-state index < -0.39 is 0 Å². The SMILES string of the molecule is CCC(C)C1CN(C2CC2(C)C)C(C)CN1. The van der Waals surface area contributed by atoms with Gasteiger partial charge >= 0.3 is 0 Å². The Hall–Kier alpha value is -0.0800. The third-order valence-corrected chi connectivity index (χ3v) is 4.84. The Morgan fingerprint density at radius 3 is 2.56 bits per heavy atom. The lowest BCUT2D eigenvalue weighted by Gasteiger charge is -2.42. The van der Waals surface area contributed by atoms with Crippen molar-refractivity contribution in [3.8, 4) is 0 Å². The second-order valence-corrected chi connectivity index (χ2v) is 6.65. The number of nitrogens with one attached hydrogen (secondary N) is 1. The van der Waals surface area contributed by atoms with Crippen molar-refractivity contribution < 1.29 is 0 Å². The number of hydrogen-bond donors (Lipinski definition) is 1. The summed E-state index contributed by atoms with van der Waals surface area (Å²) >= 11 is 0. The van der Waals surface area contributed by atoms with Crippen molar-refractivity contribution in [1.29, 1.82) is 0 Å². The van der Waals surface area contributed by atoms with Gasteiger partial charge in [-0.3, -0.25) is 4.90 Å². The number of nitrogens with zero attached hydrogens (tertiary/aromatic N) is 1. The summed E-state index contributed by atoms with van der Waals surface area (Å²) in [5.41, 5.74) is 0.575. The number of hydrogen-bond acceptors (Lipinski definition) is 2. The van der Waals surface area contributed by atoms with E-state index in [0.29, 0.717) is 17.5 Å². The van der Waals surface area contributed by atoms with E-state index in [-0.39, 0.29) is 0 Å². The van der Waals surface area contributed by atoms with Crippen LogP contribution < -0.4 is 5.32 Å². The highest BCUT2D eigenvalue weighted by Crippen LogP contribution is 2.49. The molecule has 2 fully saturated rings. The zero-order chi connectivity index (χ0) is 11.9. The van der Waals surface area contributed by atoms with Crippen molar-refractivity contribution in [2.45, 2.75) is 65.6 Å². The predicted octanol–water partition coefficient (Wildman–Crippen LogP) is 2.49. The molecule has 94 valence electrons. The maximum absolute atomic E-state index is 3.72. The first-order chi connectivity index (χ1) is 7.45. The average Bonchev–Trinajstić information content (AvgIpc) is 2.87. The minimum atomic E-state index is 0.575. The third-order valence-electron chi connectivity index (χ3n) is 4.84. The molecule has 1 saturated carbocycles. The van der Waals surface area contributed by atoms with Crippen molar-refractivity contribution >= 4 is 0 Å². The Kier molecular flexibility index (Phi) is 3.33. The van der Waals surface area contributed by atoms with Crippen LogP contribution in [0.4, 0.5) is 0 Å². The molecule has 4 unspecified atom stereocenters. The zero-order valence-corrected chi connectivity index (χ0v) is 11.6. The minimum Gasteiger partial charge on any atom is -0.311 e. The molecular formula is C14H28N2. The Balaban J connectivity index is 1.96. The van der Waals surface area contributed by atoms with E-state index in [9.17, 15) is 0 Å². The van der Waals surface area contributed by atoms with Crippen LogP contribution in [0, 0.1) is 11.3 Å². The Labute approximate surface area is 101 Å². The molecule has 0 bridgehead atoms. The highest BCUT2D eigenvalue weighted by Gasteiger charge is 2.51. The summed E-state index contributed by atoms with van der Waals surface area (Å²) in [5, 5.41) is 3.72. The van der Waals surface area contributed by atoms with Gasteiger partial charge in [0.05, 0.1) is 0 Å². The van der Waals surface area contributed by atoms with Crippen molar-refractivity contribution in [2.75, 3.05) is 13.1 Å². The molecule has 1 aliphatic heterocycles. The second kappa shape index (κ2) is 4.30. The molecule has 0 spiro atoms. The molecule has 0 radical (unpaired) electrons. The van der Waals surface area contributed by atoms with E-state index in [4.69, 9.17) is 0 Å². The van der Waals surface area contributed by atoms with E-state index in [0.717, 1.165) is 12.0 Å². The van der Waals surface area contributed by atoms with Crippen LogP contribution >= 0.6 is 0 Å². The predicted molar refractivity (Wildman–Crippen MR) is 69.6 cm³/mol. The average molecular weight is 224 g/mol. The van der Waals surface area contributed by atoms with E-state index in [1.165, 1.54) is 25.9 Å². The summed E-state index contributed by atoms with van der Waals surface area (Å²) in [6, 6.07) is 2.26. The van der Waals surface area contributed by atoms with Crippen LogP contribution in [0.5, 0.6) is 0 Å². The number of rotatable bonds is 3. The Bertz CT molecular complexity index is 249. The highest BCUT2D eigenvalue weighted by molar-refractivity contribution is 5.06. The molecule has 1 saturated heterocycles. The van der Waals surface area contributed by atoms with Gasteiger partial charge in [-0.2, -0.15) is 0 Å². The van der Waals surface area contributed by atoms with Crippen molar-refractivity contribution in [3.63, 3.8) is 0 Å². The van der Waals surface area contributed by atoms with E-state index in [1.807, 2.05) is 0 Å². The van der Waals surface area contributed by atoms with Crippen LogP contribution in [0.1, 0.15) is 47.5 Å². The van der Waals surface area contributed by atoms with Gasteiger partial charge in [-0.05, 0) is 24.7 Å². The molecule has 1 heterocycles. The van der Waals surface area contributed by atoms with E-state index in [2.05, 4.69) is 44.8 Å². The van der Waals surface area contributed by atoms with Gasteiger partial charge in [-0.15, -0.1) is 0 Å². The molecule has 2 aliphatic rings. The molecule has 0 aromatic carbocycles. The first kappa shape index (κ1) is 12.4. The molecule has 0 aromatic rings. The smallest absolute Gasteiger partial charge is 0.0221 e. The zero-order valence-electron chi connectivity index (χ0n) is 11.6. The summed E-state index contributed by atoms with van der Waals surface area (Å²) in [7, 11) is 0. The Morgan fingerprint density at radius 1 is 1.44 bits per heavy atom. The van der Waals surface area contributed by atoms with Gasteiger partial charge in [-0.1, -0.05) is 34.1 Å². The van der Waals surface area contributed by atoms with Crippen molar-refractivity contribution in [3.05, 3.63) is 0 Å². The lowest BCUT2D eigenvalue weighted by molar-refractivity contribution is 0.0989. The van der Waals surface area contributed by atoms with Crippen LogP contribution in [-0.4, -0.2) is 36.1 Å². The van der Waals surface area contributed by atoms with Gasteiger partial charge in [-0.25, -0.2) is 0 Å². The summed E-state index contributed by atoms with van der Waals surface area (Å²) < 4.78 is 0. The minimum absolute atomic E-state index is 0.575. The summed E-state index contributed by atoms with van der Waals surface area (Å²) in [5.74, 6) is 0.803. The molecular weight excluding hydrogens is 196 g/mol. The highest BCUT2D eigenvalue weighted by atomic mass is 15.3. The molecule has 0 amide bonds. The second-order valence-electron chi connectivity index (χ2n) is 6.65. The van der Waals surface area contributed by atoms with E-state index in [1.54, 1.807) is 0 Å². The molecule has 16 heavy (non-hydrogen) atoms. The summed E-state index contributed by atoms with van der Waals surface area (Å²) in [4.78, 5) is 2.76. The quantitative estimate of drug-likeness (QED) is 0.792. The van der Waals surface area contributed by atoms with Gasteiger partial charge in [0, 0.05) is 31.2 Å². The molecule has 4 atom stereocenters. The van der Waals surface area contributed by atoms with Crippen LogP contribution in [0.15, 0.2) is 0 Å². The topological polar surface area (TPSA) is 15.3 Å². The van der Waals surface area contributed by atoms with Gasteiger partial charge in [0.2, 0.25) is 0 Å². The van der Waals surface area contributed by atoms with Gasteiger partial charge < -0.3 is 5.32 Å². The fraction of sp³-hybridized carbons (Fsp3) is 1.00. The third kappa shape index (κ3) is 2.28. The first-order valence-corrected chi connectivity index (χ1v) is 6.95. The van der Waals surface area contributed by atoms with Crippen LogP contribution in [0.2, 0.25) is 0 Å². The van der Waals surface area contributed by atoms with Gasteiger partial charge in [0.1, 0.15) is 0 Å². The standard InChI is InChI=1S/C14H28N2/c1-6-10(2)12-9-16(11(3)8-15-12)13-7-14(13,4)5/h10-13,15H,6-9H2,1-5H3. The maximum atomic E-state index is 3.72. The first-order valence-electron chi connectivity index (χ1n) is 6.95. The molecule has 1 N–H and O–H groups in total. The lowest BCUT2D eigenvalue weighted by atomic mass is 9.95. The van der Waals surface area contributed by atoms with E-state index >= 15 is 0 Å². The fourth-order valence-corrected chi connectivity index (χ4v) is 3.02. The summed E-state index contributed by atoms with van der Waals surface area (Å²) in [6.45, 7) is 14.3. The molecule has 2 rings (SSSR count). The molecule has 2 heteroatoms. The lowest BCUT2D eigenvalue weighted by Crippen LogP contribution is -2.58. The Morgan fingerprint density at radius 2 is 2.06 bits per heavy atom. The largest absolute Gasteiger partial charge is 0.311 e. The van der Waals surface area contributed by atoms with Gasteiger partial charge in [0.25, 0.3) is 0 Å². The normalized spacial score (nSPS) is 40.7. The van der Waals surface area contributed by atoms with Gasteiger partial charge in [0.15, 0.2) is 0 Å². The molecule has 0 aromatic heterocycles. The van der Waals surface area contributed by atoms with Crippen molar-refractivity contribution in [1.82, 2.24) is 10.2 Å².